The highest BCUT2D eigenvalue weighted by Gasteiger charge is 2.20. The molecule has 10 heteroatoms. The van der Waals surface area contributed by atoms with Crippen LogP contribution < -0.4 is 11.1 Å². The second-order valence-electron chi connectivity index (χ2n) is 4.16. The van der Waals surface area contributed by atoms with Crippen molar-refractivity contribution in [3.63, 3.8) is 0 Å². The van der Waals surface area contributed by atoms with Crippen LogP contribution in [0.2, 0.25) is 5.02 Å². The number of carbonyl (C=O) groups excluding carboxylic acids is 1. The molecule has 1 atom stereocenters. The summed E-state index contributed by atoms with van der Waals surface area (Å²) in [6.45, 7) is 0. The highest BCUT2D eigenvalue weighted by Crippen LogP contribution is 2.26. The van der Waals surface area contributed by atoms with Gasteiger partial charge < -0.3 is 16.2 Å². The third-order valence-electron chi connectivity index (χ3n) is 2.54. The Morgan fingerprint density at radius 3 is 2.48 bits per heavy atom. The van der Waals surface area contributed by atoms with Crippen LogP contribution in [-0.2, 0) is 19.7 Å². The van der Waals surface area contributed by atoms with Gasteiger partial charge in [-0.05, 0) is 24.6 Å². The highest BCUT2D eigenvalue weighted by atomic mass is 35.5. The van der Waals surface area contributed by atoms with Crippen molar-refractivity contribution in [3.05, 3.63) is 23.2 Å². The molecular weight excluding hydrogens is 324 g/mol. The van der Waals surface area contributed by atoms with E-state index in [0.29, 0.717) is 0 Å². The number of hydrogen-bond acceptors (Lipinski definition) is 5. The number of amides is 1. The number of aliphatic carboxylic acids is 1. The SMILES string of the molecule is NC(=O)CC[C@H](Nc1cc(S(=O)(=O)O)ccc1Cl)C(=O)O. The van der Waals surface area contributed by atoms with Crippen molar-refractivity contribution in [1.29, 1.82) is 0 Å². The molecule has 1 aromatic carbocycles. The molecule has 1 aromatic rings. The van der Waals surface area contributed by atoms with Gasteiger partial charge in [0.2, 0.25) is 5.91 Å². The van der Waals surface area contributed by atoms with Crippen LogP contribution in [0.1, 0.15) is 12.8 Å². The first-order valence-corrected chi connectivity index (χ1v) is 7.47. The molecule has 0 radical (unpaired) electrons. The largest absolute Gasteiger partial charge is 0.480 e. The van der Waals surface area contributed by atoms with Crippen molar-refractivity contribution in [1.82, 2.24) is 0 Å². The maximum atomic E-state index is 11.1. The number of halogens is 1. The first kappa shape index (κ1) is 17.2. The summed E-state index contributed by atoms with van der Waals surface area (Å²) in [5, 5.41) is 11.6. The molecule has 8 nitrogen and oxygen atoms in total. The number of hydrogen-bond donors (Lipinski definition) is 4. The topological polar surface area (TPSA) is 147 Å². The van der Waals surface area contributed by atoms with E-state index in [1.807, 2.05) is 0 Å². The molecule has 1 amide bonds. The molecule has 0 aromatic heterocycles. The maximum absolute atomic E-state index is 11.1. The van der Waals surface area contributed by atoms with E-state index in [1.165, 1.54) is 6.07 Å². The number of rotatable bonds is 7. The molecule has 0 heterocycles. The van der Waals surface area contributed by atoms with E-state index in [1.54, 1.807) is 0 Å². The summed E-state index contributed by atoms with van der Waals surface area (Å²) in [5.41, 5.74) is 4.95. The van der Waals surface area contributed by atoms with Crippen molar-refractivity contribution in [3.8, 4) is 0 Å². The standard InChI is InChI=1S/C11H13ClN2O6S/c12-7-2-1-6(21(18,19)20)5-9(7)14-8(11(16)17)3-4-10(13)15/h1-2,5,8,14H,3-4H2,(H2,13,15)(H,16,17)(H,18,19,20)/t8-/m0/s1. The van der Waals surface area contributed by atoms with Crippen molar-refractivity contribution in [2.75, 3.05) is 5.32 Å². The Labute approximate surface area is 125 Å². The lowest BCUT2D eigenvalue weighted by molar-refractivity contribution is -0.138. The minimum absolute atomic E-state index is 0.00339. The van der Waals surface area contributed by atoms with Crippen molar-refractivity contribution in [2.24, 2.45) is 5.73 Å². The van der Waals surface area contributed by atoms with Gasteiger partial charge in [0.25, 0.3) is 10.1 Å². The average Bonchev–Trinajstić information content (AvgIpc) is 2.34. The van der Waals surface area contributed by atoms with Crippen LogP contribution in [0.15, 0.2) is 23.1 Å². The molecular formula is C11H13ClN2O6S. The zero-order chi connectivity index (χ0) is 16.2. The van der Waals surface area contributed by atoms with Crippen molar-refractivity contribution in [2.45, 2.75) is 23.8 Å². The van der Waals surface area contributed by atoms with Crippen LogP contribution in [0.5, 0.6) is 0 Å². The predicted octanol–water partition coefficient (Wildman–Crippen LogP) is 0.717. The molecule has 0 bridgehead atoms. The van der Waals surface area contributed by atoms with Gasteiger partial charge in [-0.2, -0.15) is 8.42 Å². The molecule has 21 heavy (non-hydrogen) atoms. The van der Waals surface area contributed by atoms with E-state index in [9.17, 15) is 18.0 Å². The summed E-state index contributed by atoms with van der Waals surface area (Å²) in [7, 11) is -4.44. The molecule has 0 aliphatic rings. The Balaban J connectivity index is 3.03. The lowest BCUT2D eigenvalue weighted by Gasteiger charge is -2.16. The second kappa shape index (κ2) is 6.74. The zero-order valence-corrected chi connectivity index (χ0v) is 12.2. The Kier molecular flexibility index (Phi) is 5.53. The van der Waals surface area contributed by atoms with Gasteiger partial charge in [-0.1, -0.05) is 11.6 Å². The normalized spacial score (nSPS) is 12.7. The summed E-state index contributed by atoms with van der Waals surface area (Å²) in [6, 6.07) is 2.08. The minimum atomic E-state index is -4.44. The van der Waals surface area contributed by atoms with E-state index in [2.05, 4.69) is 5.32 Å². The van der Waals surface area contributed by atoms with Crippen LogP contribution in [0.3, 0.4) is 0 Å². The fourth-order valence-corrected chi connectivity index (χ4v) is 2.19. The number of benzene rings is 1. The summed E-state index contributed by atoms with van der Waals surface area (Å²) >= 11 is 5.83. The molecule has 0 spiro atoms. The fourth-order valence-electron chi connectivity index (χ4n) is 1.51. The van der Waals surface area contributed by atoms with Crippen LogP contribution in [-0.4, -0.2) is 36.0 Å². The summed E-state index contributed by atoms with van der Waals surface area (Å²) in [6.07, 6.45) is -0.267. The van der Waals surface area contributed by atoms with Gasteiger partial charge in [-0.3, -0.25) is 9.35 Å². The Morgan fingerprint density at radius 2 is 2.00 bits per heavy atom. The molecule has 5 N–H and O–H groups in total. The summed E-state index contributed by atoms with van der Waals surface area (Å²) in [5.74, 6) is -1.93. The predicted molar refractivity (Wildman–Crippen MR) is 74.7 cm³/mol. The first-order valence-electron chi connectivity index (χ1n) is 5.66. The van der Waals surface area contributed by atoms with Gasteiger partial charge in [0.1, 0.15) is 6.04 Å². The summed E-state index contributed by atoms with van der Waals surface area (Å²) in [4.78, 5) is 21.3. The monoisotopic (exact) mass is 336 g/mol. The number of carboxylic acids is 1. The Bertz CT molecular complexity index is 661. The lowest BCUT2D eigenvalue weighted by Crippen LogP contribution is -2.31. The quantitative estimate of drug-likeness (QED) is 0.536. The number of anilines is 1. The van der Waals surface area contributed by atoms with Gasteiger partial charge in [-0.25, -0.2) is 4.79 Å². The number of primary amides is 1. The molecule has 0 saturated carbocycles. The van der Waals surface area contributed by atoms with Crippen LogP contribution in [0.25, 0.3) is 0 Å². The molecule has 0 unspecified atom stereocenters. The molecule has 0 saturated heterocycles. The number of carboxylic acid groups (broad SMARTS) is 1. The van der Waals surface area contributed by atoms with E-state index in [4.69, 9.17) is 27.0 Å². The number of nitrogens with two attached hydrogens (primary N) is 1. The van der Waals surface area contributed by atoms with Crippen LogP contribution >= 0.6 is 11.6 Å². The van der Waals surface area contributed by atoms with Gasteiger partial charge in [0.15, 0.2) is 0 Å². The van der Waals surface area contributed by atoms with Crippen molar-refractivity contribution < 1.29 is 27.7 Å². The van der Waals surface area contributed by atoms with Crippen LogP contribution in [0, 0.1) is 0 Å². The third-order valence-corrected chi connectivity index (χ3v) is 3.72. The Morgan fingerprint density at radius 1 is 1.38 bits per heavy atom. The number of carbonyl (C=O) groups is 2. The fraction of sp³-hybridized carbons (Fsp3) is 0.273. The molecule has 1 rings (SSSR count). The molecule has 0 aliphatic heterocycles. The van der Waals surface area contributed by atoms with Gasteiger partial charge >= 0.3 is 5.97 Å². The average molecular weight is 337 g/mol. The highest BCUT2D eigenvalue weighted by molar-refractivity contribution is 7.85. The minimum Gasteiger partial charge on any atom is -0.480 e. The summed E-state index contributed by atoms with van der Waals surface area (Å²) < 4.78 is 31.0. The smallest absolute Gasteiger partial charge is 0.326 e. The van der Waals surface area contributed by atoms with E-state index in [0.717, 1.165) is 12.1 Å². The zero-order valence-electron chi connectivity index (χ0n) is 10.6. The van der Waals surface area contributed by atoms with Crippen molar-refractivity contribution >= 4 is 39.3 Å². The van der Waals surface area contributed by atoms with Gasteiger partial charge in [0, 0.05) is 6.42 Å². The maximum Gasteiger partial charge on any atom is 0.326 e. The van der Waals surface area contributed by atoms with Gasteiger partial charge in [0.05, 0.1) is 15.6 Å². The third kappa shape index (κ3) is 5.21. The second-order valence-corrected chi connectivity index (χ2v) is 5.99. The lowest BCUT2D eigenvalue weighted by atomic mass is 10.1. The Hall–Kier alpha value is -1.84. The first-order chi connectivity index (χ1) is 9.61. The molecule has 116 valence electrons. The van der Waals surface area contributed by atoms with Gasteiger partial charge in [-0.15, -0.1) is 0 Å². The number of nitrogens with one attached hydrogen (secondary N) is 1. The van der Waals surface area contributed by atoms with E-state index < -0.39 is 32.9 Å². The van der Waals surface area contributed by atoms with Crippen LogP contribution in [0.4, 0.5) is 5.69 Å². The van der Waals surface area contributed by atoms with E-state index >= 15 is 0 Å². The molecule has 0 fully saturated rings. The molecule has 0 aliphatic carbocycles. The van der Waals surface area contributed by atoms with E-state index in [-0.39, 0.29) is 23.6 Å².